The monoisotopic (exact) mass is 672 g/mol. The van der Waals surface area contributed by atoms with E-state index in [4.69, 9.17) is 0 Å². The van der Waals surface area contributed by atoms with Crippen molar-refractivity contribution in [3.8, 4) is 45.3 Å². The summed E-state index contributed by atoms with van der Waals surface area (Å²) in [7, 11) is -10.7. The number of nitrogens with zero attached hydrogens (tertiary/aromatic N) is 4. The van der Waals surface area contributed by atoms with E-state index in [9.17, 15) is 25.2 Å². The number of hydrogen-bond donors (Lipinski definition) is 0. The standard InChI is InChI=1S/2C16H12N2.Cu.F6P/c2*1-2-7-13(8-3-1)14-10-6-11-16(18-14)15-9-4-5-12-17-15;;1-7(2,3,4,5)6/h2*1-12H;;/q;;+1;-1. The van der Waals surface area contributed by atoms with Crippen LogP contribution in [0.1, 0.15) is 0 Å². The van der Waals surface area contributed by atoms with Crippen LogP contribution in [0.4, 0.5) is 25.2 Å². The third-order valence-electron chi connectivity index (χ3n) is 5.49. The van der Waals surface area contributed by atoms with Gasteiger partial charge in [0, 0.05) is 23.5 Å². The Morgan fingerprint density at radius 3 is 0.955 bits per heavy atom. The van der Waals surface area contributed by atoms with Crippen LogP contribution in [0.3, 0.4) is 0 Å². The number of rotatable bonds is 4. The minimum absolute atomic E-state index is 0. The molecule has 0 spiro atoms. The predicted octanol–water partition coefficient (Wildman–Crippen LogP) is 11.0. The van der Waals surface area contributed by atoms with Crippen LogP contribution in [0.5, 0.6) is 0 Å². The molecule has 0 unspecified atom stereocenters. The van der Waals surface area contributed by atoms with Crippen molar-refractivity contribution in [2.24, 2.45) is 0 Å². The fraction of sp³-hybridized carbons (Fsp3) is 0. The Labute approximate surface area is 260 Å². The Hall–Kier alpha value is -4.43. The molecule has 0 atom stereocenters. The van der Waals surface area contributed by atoms with Crippen LogP contribution in [-0.4, -0.2) is 19.9 Å². The predicted molar refractivity (Wildman–Crippen MR) is 159 cm³/mol. The van der Waals surface area contributed by atoms with E-state index in [1.165, 1.54) is 0 Å². The zero-order chi connectivity index (χ0) is 30.8. The zero-order valence-electron chi connectivity index (χ0n) is 22.7. The maximum atomic E-state index is 9.87. The van der Waals surface area contributed by atoms with E-state index in [1.54, 1.807) is 12.4 Å². The van der Waals surface area contributed by atoms with Crippen molar-refractivity contribution in [1.82, 2.24) is 19.9 Å². The third kappa shape index (κ3) is 12.4. The van der Waals surface area contributed by atoms with E-state index in [1.807, 2.05) is 109 Å². The quantitative estimate of drug-likeness (QED) is 0.106. The second-order valence-corrected chi connectivity index (χ2v) is 10.9. The maximum absolute atomic E-state index is 10.7. The largest absolute Gasteiger partial charge is 1.00 e. The van der Waals surface area contributed by atoms with Crippen LogP contribution in [-0.2, 0) is 17.1 Å². The molecule has 4 heterocycles. The molecule has 0 bridgehead atoms. The fourth-order valence-electron chi connectivity index (χ4n) is 3.72. The molecule has 6 aromatic rings. The van der Waals surface area contributed by atoms with Crippen LogP contribution >= 0.6 is 7.81 Å². The number of benzene rings is 2. The summed E-state index contributed by atoms with van der Waals surface area (Å²) in [6, 6.07) is 44.0. The van der Waals surface area contributed by atoms with E-state index in [-0.39, 0.29) is 17.1 Å². The van der Waals surface area contributed by atoms with Gasteiger partial charge < -0.3 is 0 Å². The minimum Gasteiger partial charge on any atom is -0.255 e. The minimum atomic E-state index is -10.7. The summed E-state index contributed by atoms with van der Waals surface area (Å²) < 4.78 is 59.2. The summed E-state index contributed by atoms with van der Waals surface area (Å²) in [5.74, 6) is 0. The molecule has 2 aromatic carbocycles. The van der Waals surface area contributed by atoms with Crippen molar-refractivity contribution in [2.75, 3.05) is 0 Å². The van der Waals surface area contributed by atoms with Gasteiger partial charge in [-0.1, -0.05) is 84.9 Å². The Bertz CT molecular complexity index is 1510. The first-order chi connectivity index (χ1) is 20.3. The van der Waals surface area contributed by atoms with Crippen molar-refractivity contribution >= 4 is 7.81 Å². The fourth-order valence-corrected chi connectivity index (χ4v) is 3.72. The van der Waals surface area contributed by atoms with Gasteiger partial charge in [-0.05, 0) is 48.5 Å². The summed E-state index contributed by atoms with van der Waals surface area (Å²) >= 11 is 0. The topological polar surface area (TPSA) is 51.6 Å². The Balaban J connectivity index is 0.000000196. The van der Waals surface area contributed by atoms with Gasteiger partial charge in [0.2, 0.25) is 0 Å². The van der Waals surface area contributed by atoms with Crippen molar-refractivity contribution in [3.63, 3.8) is 0 Å². The first-order valence-corrected chi connectivity index (χ1v) is 14.8. The van der Waals surface area contributed by atoms with E-state index in [0.717, 1.165) is 45.3 Å². The van der Waals surface area contributed by atoms with Gasteiger partial charge in [0.15, 0.2) is 0 Å². The summed E-state index contributed by atoms with van der Waals surface area (Å²) in [5.41, 5.74) is 7.78. The van der Waals surface area contributed by atoms with Crippen LogP contribution in [0, 0.1) is 0 Å². The van der Waals surface area contributed by atoms with Gasteiger partial charge in [0.05, 0.1) is 34.2 Å². The molecule has 6 rings (SSSR count). The molecule has 0 N–H and O–H groups in total. The molecule has 0 saturated heterocycles. The molecule has 12 heteroatoms. The number of aromatic nitrogens is 4. The van der Waals surface area contributed by atoms with Crippen LogP contribution in [0.15, 0.2) is 146 Å². The smallest absolute Gasteiger partial charge is 0.255 e. The van der Waals surface area contributed by atoms with Crippen molar-refractivity contribution in [3.05, 3.63) is 146 Å². The normalized spacial score (nSPS) is 12.0. The van der Waals surface area contributed by atoms with Gasteiger partial charge in [-0.25, -0.2) is 9.97 Å². The van der Waals surface area contributed by atoms with E-state index < -0.39 is 7.81 Å². The molecule has 0 aliphatic heterocycles. The second-order valence-electron chi connectivity index (χ2n) is 8.94. The van der Waals surface area contributed by atoms with Gasteiger partial charge in [0.25, 0.3) is 0 Å². The van der Waals surface area contributed by atoms with Gasteiger partial charge >= 0.3 is 50.1 Å². The van der Waals surface area contributed by atoms with Crippen molar-refractivity contribution in [1.29, 1.82) is 0 Å². The molecule has 44 heavy (non-hydrogen) atoms. The zero-order valence-corrected chi connectivity index (χ0v) is 24.5. The second kappa shape index (κ2) is 13.9. The molecular formula is C32H24CuF6N4P. The van der Waals surface area contributed by atoms with Crippen LogP contribution < -0.4 is 0 Å². The first-order valence-electron chi connectivity index (χ1n) is 12.8. The van der Waals surface area contributed by atoms with Crippen LogP contribution in [0.25, 0.3) is 45.3 Å². The van der Waals surface area contributed by atoms with Gasteiger partial charge in [0.1, 0.15) is 0 Å². The average Bonchev–Trinajstić information content (AvgIpc) is 3.02. The Morgan fingerprint density at radius 2 is 0.636 bits per heavy atom. The number of halogens is 6. The molecule has 0 fully saturated rings. The van der Waals surface area contributed by atoms with Gasteiger partial charge in [-0.2, -0.15) is 0 Å². The molecule has 4 aromatic heterocycles. The molecule has 0 amide bonds. The summed E-state index contributed by atoms with van der Waals surface area (Å²) in [6.07, 6.45) is 3.57. The third-order valence-corrected chi connectivity index (χ3v) is 5.49. The summed E-state index contributed by atoms with van der Waals surface area (Å²) in [5, 5.41) is 0. The van der Waals surface area contributed by atoms with E-state index >= 15 is 0 Å². The van der Waals surface area contributed by atoms with E-state index in [0.29, 0.717) is 0 Å². The molecular weight excluding hydrogens is 649 g/mol. The summed E-state index contributed by atoms with van der Waals surface area (Å²) in [4.78, 5) is 17.9. The molecule has 0 radical (unpaired) electrons. The Kier molecular flexibility index (Phi) is 10.8. The number of pyridine rings is 4. The maximum Gasteiger partial charge on any atom is 1.00 e. The molecule has 0 aliphatic carbocycles. The number of hydrogen-bond acceptors (Lipinski definition) is 4. The molecule has 230 valence electrons. The molecule has 0 aliphatic rings. The van der Waals surface area contributed by atoms with Crippen LogP contribution in [0.2, 0.25) is 0 Å². The van der Waals surface area contributed by atoms with Gasteiger partial charge in [-0.3, -0.25) is 9.97 Å². The molecule has 4 nitrogen and oxygen atoms in total. The molecule has 0 saturated carbocycles. The first kappa shape index (κ1) is 34.1. The van der Waals surface area contributed by atoms with Crippen molar-refractivity contribution in [2.45, 2.75) is 0 Å². The van der Waals surface area contributed by atoms with Crippen molar-refractivity contribution < 1.29 is 42.3 Å². The van der Waals surface area contributed by atoms with E-state index in [2.05, 4.69) is 44.2 Å². The average molecular weight is 673 g/mol. The Morgan fingerprint density at radius 1 is 0.341 bits per heavy atom. The SMILES string of the molecule is F[P-](F)(F)(F)(F)F.[Cu+].c1ccc(-c2cccc(-c3ccccn3)n2)cc1.c1ccc(-c2cccc(-c3ccccn3)n2)cc1. The summed E-state index contributed by atoms with van der Waals surface area (Å²) in [6.45, 7) is 0. The van der Waals surface area contributed by atoms with Gasteiger partial charge in [-0.15, -0.1) is 0 Å².